The molecule has 2 aromatic carbocycles. The highest BCUT2D eigenvalue weighted by molar-refractivity contribution is 9.10. The highest BCUT2D eigenvalue weighted by Crippen LogP contribution is 2.30. The van der Waals surface area contributed by atoms with Crippen LogP contribution in [0.4, 0.5) is 11.4 Å². The van der Waals surface area contributed by atoms with Gasteiger partial charge in [-0.25, -0.2) is 14.0 Å². The van der Waals surface area contributed by atoms with E-state index in [1.165, 1.54) is 5.69 Å². The van der Waals surface area contributed by atoms with Gasteiger partial charge < -0.3 is 14.5 Å². The number of benzene rings is 2. The minimum Gasteiger partial charge on any atom is -0.497 e. The number of piperazine rings is 1. The van der Waals surface area contributed by atoms with Gasteiger partial charge in [0.2, 0.25) is 0 Å². The van der Waals surface area contributed by atoms with Gasteiger partial charge in [0, 0.05) is 36.3 Å². The molecule has 7 nitrogen and oxygen atoms in total. The summed E-state index contributed by atoms with van der Waals surface area (Å²) in [5, 5.41) is 4.28. The van der Waals surface area contributed by atoms with E-state index >= 15 is 0 Å². The Bertz CT molecular complexity index is 1080. The van der Waals surface area contributed by atoms with Gasteiger partial charge in [-0.05, 0) is 71.7 Å². The van der Waals surface area contributed by atoms with Crippen molar-refractivity contribution in [1.82, 2.24) is 14.3 Å². The second kappa shape index (κ2) is 9.18. The summed E-state index contributed by atoms with van der Waals surface area (Å²) in [4.78, 5) is 17.5. The molecule has 31 heavy (non-hydrogen) atoms. The number of methoxy groups -OCH3 is 1. The van der Waals surface area contributed by atoms with Crippen molar-refractivity contribution in [3.8, 4) is 11.4 Å². The molecule has 0 bridgehead atoms. The topological polar surface area (TPSA) is 55.5 Å². The maximum atomic E-state index is 12.7. The normalized spacial score (nSPS) is 15.2. The molecule has 1 saturated heterocycles. The fourth-order valence-electron chi connectivity index (χ4n) is 3.87. The Morgan fingerprint density at radius 2 is 1.68 bits per heavy atom. The molecule has 1 aromatic heterocycles. The van der Waals surface area contributed by atoms with E-state index in [0.29, 0.717) is 0 Å². The number of ether oxygens (including phenoxy) is 1. The van der Waals surface area contributed by atoms with Crippen molar-refractivity contribution in [3.63, 3.8) is 0 Å². The minimum atomic E-state index is -0.109. The molecule has 164 valence electrons. The van der Waals surface area contributed by atoms with E-state index < -0.39 is 0 Å². The third kappa shape index (κ3) is 4.35. The van der Waals surface area contributed by atoms with Gasteiger partial charge in [0.05, 0.1) is 24.5 Å². The molecule has 3 aromatic rings. The van der Waals surface area contributed by atoms with Crippen molar-refractivity contribution in [2.75, 3.05) is 43.1 Å². The molecule has 8 heteroatoms. The van der Waals surface area contributed by atoms with Crippen LogP contribution in [-0.4, -0.2) is 47.6 Å². The van der Waals surface area contributed by atoms with Crippen molar-refractivity contribution in [2.45, 2.75) is 26.3 Å². The molecule has 1 aliphatic heterocycles. The van der Waals surface area contributed by atoms with E-state index in [0.717, 1.165) is 54.2 Å². The van der Waals surface area contributed by atoms with Crippen LogP contribution in [0.15, 0.2) is 58.1 Å². The minimum absolute atomic E-state index is 0.0819. The number of aromatic nitrogens is 3. The summed E-state index contributed by atoms with van der Waals surface area (Å²) in [6.45, 7) is 7.80. The standard InChI is InChI=1S/C23H28BrN5O2/c1-4-17(2)29-23(30)28(16-25-29)19-7-10-22(21(24)15-19)27-13-11-26(12-14-27)18-5-8-20(31-3)9-6-18/h5-10,15-17H,4,11-14H2,1-3H3. The first kappa shape index (κ1) is 21.5. The quantitative estimate of drug-likeness (QED) is 0.525. The zero-order valence-corrected chi connectivity index (χ0v) is 19.7. The molecular formula is C23H28BrN5O2. The molecule has 1 aliphatic rings. The largest absolute Gasteiger partial charge is 0.497 e. The Hall–Kier alpha value is -2.74. The Balaban J connectivity index is 1.47. The van der Waals surface area contributed by atoms with Crippen LogP contribution >= 0.6 is 15.9 Å². The number of halogens is 1. The molecule has 1 fully saturated rings. The highest BCUT2D eigenvalue weighted by Gasteiger charge is 2.20. The molecule has 0 aliphatic carbocycles. The molecule has 0 saturated carbocycles. The van der Waals surface area contributed by atoms with Gasteiger partial charge in [-0.2, -0.15) is 5.10 Å². The smallest absolute Gasteiger partial charge is 0.350 e. The summed E-state index contributed by atoms with van der Waals surface area (Å²) in [5.41, 5.74) is 3.06. The van der Waals surface area contributed by atoms with Crippen LogP contribution in [0.25, 0.3) is 5.69 Å². The first-order valence-electron chi connectivity index (χ1n) is 10.6. The lowest BCUT2D eigenvalue weighted by Gasteiger charge is -2.37. The van der Waals surface area contributed by atoms with E-state index in [-0.39, 0.29) is 11.7 Å². The summed E-state index contributed by atoms with van der Waals surface area (Å²) in [5.74, 6) is 0.875. The molecule has 1 atom stereocenters. The second-order valence-electron chi connectivity index (χ2n) is 7.79. The predicted molar refractivity (Wildman–Crippen MR) is 128 cm³/mol. The van der Waals surface area contributed by atoms with Crippen molar-refractivity contribution in [2.24, 2.45) is 0 Å². The van der Waals surface area contributed by atoms with E-state index in [1.54, 1.807) is 22.7 Å². The van der Waals surface area contributed by atoms with Crippen molar-refractivity contribution >= 4 is 27.3 Å². The SMILES string of the molecule is CCC(C)n1ncn(-c2ccc(N3CCN(c4ccc(OC)cc4)CC3)c(Br)c2)c1=O. The van der Waals surface area contributed by atoms with Gasteiger partial charge in [-0.1, -0.05) is 6.92 Å². The predicted octanol–water partition coefficient (Wildman–Crippen LogP) is 4.10. The maximum absolute atomic E-state index is 12.7. The third-order valence-electron chi connectivity index (χ3n) is 5.97. The summed E-state index contributed by atoms with van der Waals surface area (Å²) in [6, 6.07) is 14.4. The molecule has 2 heterocycles. The number of anilines is 2. The lowest BCUT2D eigenvalue weighted by atomic mass is 10.2. The van der Waals surface area contributed by atoms with Crippen molar-refractivity contribution in [1.29, 1.82) is 0 Å². The van der Waals surface area contributed by atoms with Crippen LogP contribution in [0.1, 0.15) is 26.3 Å². The first-order chi connectivity index (χ1) is 15.0. The van der Waals surface area contributed by atoms with E-state index in [1.807, 2.05) is 31.2 Å². The van der Waals surface area contributed by atoms with Crippen LogP contribution < -0.4 is 20.2 Å². The summed E-state index contributed by atoms with van der Waals surface area (Å²) >= 11 is 3.72. The van der Waals surface area contributed by atoms with Crippen LogP contribution in [0, 0.1) is 0 Å². The van der Waals surface area contributed by atoms with Crippen LogP contribution in [-0.2, 0) is 0 Å². The van der Waals surface area contributed by atoms with Gasteiger partial charge in [-0.3, -0.25) is 0 Å². The Morgan fingerprint density at radius 3 is 2.29 bits per heavy atom. The lowest BCUT2D eigenvalue weighted by Crippen LogP contribution is -2.46. The van der Waals surface area contributed by atoms with Crippen LogP contribution in [0.3, 0.4) is 0 Å². The molecule has 1 unspecified atom stereocenters. The molecule has 0 amide bonds. The second-order valence-corrected chi connectivity index (χ2v) is 8.65. The Labute approximate surface area is 191 Å². The zero-order valence-electron chi connectivity index (χ0n) is 18.2. The van der Waals surface area contributed by atoms with Crippen LogP contribution in [0.2, 0.25) is 0 Å². The number of nitrogens with zero attached hydrogens (tertiary/aromatic N) is 5. The van der Waals surface area contributed by atoms with Gasteiger partial charge in [0.1, 0.15) is 12.1 Å². The van der Waals surface area contributed by atoms with Gasteiger partial charge >= 0.3 is 5.69 Å². The highest BCUT2D eigenvalue weighted by atomic mass is 79.9. The number of hydrogen-bond donors (Lipinski definition) is 0. The van der Waals surface area contributed by atoms with Gasteiger partial charge in [0.15, 0.2) is 0 Å². The Morgan fingerprint density at radius 1 is 1.03 bits per heavy atom. The fourth-order valence-corrected chi connectivity index (χ4v) is 4.49. The molecule has 0 radical (unpaired) electrons. The summed E-state index contributed by atoms with van der Waals surface area (Å²) < 4.78 is 9.37. The summed E-state index contributed by atoms with van der Waals surface area (Å²) in [7, 11) is 1.69. The van der Waals surface area contributed by atoms with E-state index in [2.05, 4.69) is 56.0 Å². The van der Waals surface area contributed by atoms with Crippen molar-refractivity contribution < 1.29 is 4.74 Å². The maximum Gasteiger partial charge on any atom is 0.350 e. The molecule has 4 rings (SSSR count). The number of rotatable bonds is 6. The third-order valence-corrected chi connectivity index (χ3v) is 6.60. The first-order valence-corrected chi connectivity index (χ1v) is 11.4. The number of hydrogen-bond acceptors (Lipinski definition) is 5. The average Bonchev–Trinajstić information content (AvgIpc) is 3.20. The monoisotopic (exact) mass is 485 g/mol. The molecule has 0 N–H and O–H groups in total. The summed E-state index contributed by atoms with van der Waals surface area (Å²) in [6.07, 6.45) is 2.46. The van der Waals surface area contributed by atoms with Gasteiger partial charge in [0.25, 0.3) is 0 Å². The van der Waals surface area contributed by atoms with Gasteiger partial charge in [-0.15, -0.1) is 0 Å². The van der Waals surface area contributed by atoms with Crippen molar-refractivity contribution in [3.05, 3.63) is 63.7 Å². The average molecular weight is 486 g/mol. The van der Waals surface area contributed by atoms with Crippen LogP contribution in [0.5, 0.6) is 5.75 Å². The molecule has 0 spiro atoms. The lowest BCUT2D eigenvalue weighted by molar-refractivity contribution is 0.415. The van der Waals surface area contributed by atoms with E-state index in [9.17, 15) is 4.79 Å². The fraction of sp³-hybridized carbons (Fsp3) is 0.391. The molecular weight excluding hydrogens is 458 g/mol. The van der Waals surface area contributed by atoms with E-state index in [4.69, 9.17) is 4.74 Å². The zero-order chi connectivity index (χ0) is 22.0. The Kier molecular flexibility index (Phi) is 6.36.